The minimum absolute atomic E-state index is 0.102. The van der Waals surface area contributed by atoms with Crippen molar-refractivity contribution < 1.29 is 4.79 Å². The van der Waals surface area contributed by atoms with E-state index >= 15 is 0 Å². The van der Waals surface area contributed by atoms with Crippen LogP contribution in [0.3, 0.4) is 0 Å². The van der Waals surface area contributed by atoms with Crippen molar-refractivity contribution in [2.24, 2.45) is 0 Å². The number of hydrogen-bond acceptors (Lipinski definition) is 3. The summed E-state index contributed by atoms with van der Waals surface area (Å²) in [5.74, 6) is -0.102. The Kier molecular flexibility index (Phi) is 5.77. The number of rotatable bonds is 6. The largest absolute Gasteiger partial charge is 0.381 e. The fourth-order valence-corrected chi connectivity index (χ4v) is 2.80. The summed E-state index contributed by atoms with van der Waals surface area (Å²) in [5.41, 5.74) is 5.84. The van der Waals surface area contributed by atoms with Gasteiger partial charge in [0.25, 0.3) is 5.91 Å². The maximum absolute atomic E-state index is 12.4. The molecule has 27 heavy (non-hydrogen) atoms. The van der Waals surface area contributed by atoms with Gasteiger partial charge in [0.05, 0.1) is 0 Å². The molecule has 0 saturated heterocycles. The molecule has 0 aromatic heterocycles. The van der Waals surface area contributed by atoms with Gasteiger partial charge in [-0.15, -0.1) is 0 Å². The molecule has 0 unspecified atom stereocenters. The van der Waals surface area contributed by atoms with Crippen LogP contribution in [0, 0.1) is 6.92 Å². The maximum Gasteiger partial charge on any atom is 0.255 e. The van der Waals surface area contributed by atoms with Gasteiger partial charge in [-0.25, -0.2) is 0 Å². The highest BCUT2D eigenvalue weighted by Gasteiger charge is 2.08. The summed E-state index contributed by atoms with van der Waals surface area (Å²) in [6.45, 7) is 2.71. The van der Waals surface area contributed by atoms with Crippen LogP contribution in [0.1, 0.15) is 21.5 Å². The minimum Gasteiger partial charge on any atom is -0.381 e. The number of benzene rings is 3. The Morgan fingerprint density at radius 3 is 2.44 bits per heavy atom. The van der Waals surface area contributed by atoms with Gasteiger partial charge in [-0.1, -0.05) is 36.4 Å². The molecule has 3 rings (SSSR count). The molecule has 0 spiro atoms. The SMILES string of the molecule is Cc1ccc(NCc2cccc(N(C)C)c2)cc1NC(=O)c1ccccc1. The summed E-state index contributed by atoms with van der Waals surface area (Å²) in [4.78, 5) is 14.5. The molecule has 0 fully saturated rings. The zero-order chi connectivity index (χ0) is 19.2. The van der Waals surface area contributed by atoms with E-state index in [1.807, 2.05) is 69.6 Å². The molecule has 138 valence electrons. The molecule has 3 aromatic carbocycles. The lowest BCUT2D eigenvalue weighted by Crippen LogP contribution is -2.13. The van der Waals surface area contributed by atoms with Gasteiger partial charge in [-0.3, -0.25) is 4.79 Å². The Bertz CT molecular complexity index is 920. The van der Waals surface area contributed by atoms with E-state index in [0.717, 1.165) is 23.5 Å². The normalized spacial score (nSPS) is 10.3. The predicted molar refractivity (Wildman–Crippen MR) is 114 cm³/mol. The molecule has 0 bridgehead atoms. The quantitative estimate of drug-likeness (QED) is 0.656. The zero-order valence-corrected chi connectivity index (χ0v) is 16.0. The third kappa shape index (κ3) is 4.88. The lowest BCUT2D eigenvalue weighted by Gasteiger charge is -2.15. The van der Waals surface area contributed by atoms with Crippen LogP contribution in [0.25, 0.3) is 0 Å². The standard InChI is InChI=1S/C23H25N3O/c1-17-12-13-20(24-16-18-8-7-11-21(14-18)26(2)3)15-22(17)25-23(27)19-9-5-4-6-10-19/h4-15,24H,16H2,1-3H3,(H,25,27). The van der Waals surface area contributed by atoms with E-state index in [1.54, 1.807) is 0 Å². The van der Waals surface area contributed by atoms with Crippen molar-refractivity contribution in [3.05, 3.63) is 89.5 Å². The average Bonchev–Trinajstić information content (AvgIpc) is 2.69. The Labute approximate surface area is 160 Å². The first kappa shape index (κ1) is 18.5. The Balaban J connectivity index is 1.70. The molecule has 2 N–H and O–H groups in total. The monoisotopic (exact) mass is 359 g/mol. The first-order chi connectivity index (χ1) is 13.0. The Morgan fingerprint density at radius 2 is 1.70 bits per heavy atom. The average molecular weight is 359 g/mol. The molecule has 0 saturated carbocycles. The maximum atomic E-state index is 12.4. The van der Waals surface area contributed by atoms with Crippen molar-refractivity contribution in [2.45, 2.75) is 13.5 Å². The number of aryl methyl sites for hydroxylation is 1. The van der Waals surface area contributed by atoms with Crippen LogP contribution in [0.15, 0.2) is 72.8 Å². The summed E-state index contributed by atoms with van der Waals surface area (Å²) in [6.07, 6.45) is 0. The van der Waals surface area contributed by atoms with Crippen LogP contribution >= 0.6 is 0 Å². The van der Waals surface area contributed by atoms with Crippen LogP contribution in [0.5, 0.6) is 0 Å². The zero-order valence-electron chi connectivity index (χ0n) is 16.0. The summed E-state index contributed by atoms with van der Waals surface area (Å²) in [6, 6.07) is 23.7. The summed E-state index contributed by atoms with van der Waals surface area (Å²) >= 11 is 0. The smallest absolute Gasteiger partial charge is 0.255 e. The minimum atomic E-state index is -0.102. The Morgan fingerprint density at radius 1 is 0.926 bits per heavy atom. The van der Waals surface area contributed by atoms with Gasteiger partial charge in [0.1, 0.15) is 0 Å². The number of amides is 1. The van der Waals surface area contributed by atoms with E-state index in [-0.39, 0.29) is 5.91 Å². The molecule has 0 aliphatic carbocycles. The molecule has 0 atom stereocenters. The first-order valence-electron chi connectivity index (χ1n) is 9.00. The van der Waals surface area contributed by atoms with Gasteiger partial charge in [0.15, 0.2) is 0 Å². The molecule has 3 aromatic rings. The van der Waals surface area contributed by atoms with Crippen LogP contribution in [0.4, 0.5) is 17.1 Å². The Hall–Kier alpha value is -3.27. The molecular weight excluding hydrogens is 334 g/mol. The second kappa shape index (κ2) is 8.41. The van der Waals surface area contributed by atoms with Gasteiger partial charge in [-0.05, 0) is 54.4 Å². The summed E-state index contributed by atoms with van der Waals surface area (Å²) in [5, 5.41) is 6.44. The molecule has 0 aliphatic rings. The molecule has 4 nitrogen and oxygen atoms in total. The third-order valence-corrected chi connectivity index (χ3v) is 4.45. The van der Waals surface area contributed by atoms with E-state index < -0.39 is 0 Å². The number of nitrogens with one attached hydrogen (secondary N) is 2. The van der Waals surface area contributed by atoms with Crippen LogP contribution < -0.4 is 15.5 Å². The topological polar surface area (TPSA) is 44.4 Å². The van der Waals surface area contributed by atoms with Gasteiger partial charge in [0.2, 0.25) is 0 Å². The predicted octanol–water partition coefficient (Wildman–Crippen LogP) is 4.93. The van der Waals surface area contributed by atoms with Crippen molar-refractivity contribution in [1.82, 2.24) is 0 Å². The van der Waals surface area contributed by atoms with E-state index in [1.165, 1.54) is 11.3 Å². The van der Waals surface area contributed by atoms with E-state index in [0.29, 0.717) is 5.56 Å². The fourth-order valence-electron chi connectivity index (χ4n) is 2.80. The van der Waals surface area contributed by atoms with Gasteiger partial charge < -0.3 is 15.5 Å². The fraction of sp³-hybridized carbons (Fsp3) is 0.174. The van der Waals surface area contributed by atoms with Gasteiger partial charge >= 0.3 is 0 Å². The molecule has 4 heteroatoms. The lowest BCUT2D eigenvalue weighted by atomic mass is 10.1. The van der Waals surface area contributed by atoms with Crippen molar-refractivity contribution in [3.8, 4) is 0 Å². The summed E-state index contributed by atoms with van der Waals surface area (Å²) in [7, 11) is 4.07. The molecule has 0 heterocycles. The van der Waals surface area contributed by atoms with Crippen molar-refractivity contribution >= 4 is 23.0 Å². The van der Waals surface area contributed by atoms with Crippen molar-refractivity contribution in [2.75, 3.05) is 29.6 Å². The summed E-state index contributed by atoms with van der Waals surface area (Å²) < 4.78 is 0. The molecule has 0 aliphatic heterocycles. The second-order valence-electron chi connectivity index (χ2n) is 6.77. The number of carbonyl (C=O) groups excluding carboxylic acids is 1. The number of nitrogens with zero attached hydrogens (tertiary/aromatic N) is 1. The number of anilines is 3. The molecular formula is C23H25N3O. The van der Waals surface area contributed by atoms with Gasteiger partial charge in [0, 0.05) is 43.3 Å². The van der Waals surface area contributed by atoms with E-state index in [4.69, 9.17) is 0 Å². The van der Waals surface area contributed by atoms with Crippen molar-refractivity contribution in [1.29, 1.82) is 0 Å². The lowest BCUT2D eigenvalue weighted by molar-refractivity contribution is 0.102. The van der Waals surface area contributed by atoms with Crippen LogP contribution in [-0.2, 0) is 6.54 Å². The van der Waals surface area contributed by atoms with Crippen molar-refractivity contribution in [3.63, 3.8) is 0 Å². The van der Waals surface area contributed by atoms with Crippen LogP contribution in [0.2, 0.25) is 0 Å². The highest BCUT2D eigenvalue weighted by atomic mass is 16.1. The van der Waals surface area contributed by atoms with E-state index in [9.17, 15) is 4.79 Å². The first-order valence-corrected chi connectivity index (χ1v) is 9.00. The van der Waals surface area contributed by atoms with Crippen LogP contribution in [-0.4, -0.2) is 20.0 Å². The van der Waals surface area contributed by atoms with E-state index in [2.05, 4.69) is 39.8 Å². The number of hydrogen-bond donors (Lipinski definition) is 2. The highest BCUT2D eigenvalue weighted by molar-refractivity contribution is 6.04. The number of carbonyl (C=O) groups is 1. The second-order valence-corrected chi connectivity index (χ2v) is 6.77. The highest BCUT2D eigenvalue weighted by Crippen LogP contribution is 2.22. The molecule has 1 amide bonds. The molecule has 0 radical (unpaired) electrons. The van der Waals surface area contributed by atoms with Gasteiger partial charge in [-0.2, -0.15) is 0 Å². The third-order valence-electron chi connectivity index (χ3n) is 4.45.